The molecule has 1 amide bonds. The standard InChI is InChI=1S/C18H19NO4/c1-12(21)13-9-10-16(22-3)17(18(13)23-4)14-7-5-6-8-15(14)19(2)11-20/h5-11H,1-4H3. The van der Waals surface area contributed by atoms with E-state index in [2.05, 4.69) is 0 Å². The quantitative estimate of drug-likeness (QED) is 0.607. The lowest BCUT2D eigenvalue weighted by Crippen LogP contribution is -2.15. The minimum Gasteiger partial charge on any atom is -0.496 e. The van der Waals surface area contributed by atoms with Gasteiger partial charge in [0.25, 0.3) is 0 Å². The molecule has 2 aromatic carbocycles. The Hall–Kier alpha value is -2.82. The molecule has 2 aromatic rings. The molecule has 0 N–H and O–H groups in total. The van der Waals surface area contributed by atoms with Crippen LogP contribution in [-0.4, -0.2) is 33.5 Å². The van der Waals surface area contributed by atoms with Crippen molar-refractivity contribution in [3.05, 3.63) is 42.0 Å². The number of carbonyl (C=O) groups excluding carboxylic acids is 2. The SMILES string of the molecule is COc1ccc(C(C)=O)c(OC)c1-c1ccccc1N(C)C=O. The first-order valence-corrected chi connectivity index (χ1v) is 7.08. The van der Waals surface area contributed by atoms with Gasteiger partial charge in [0.2, 0.25) is 6.41 Å². The number of para-hydroxylation sites is 1. The molecule has 0 atom stereocenters. The van der Waals surface area contributed by atoms with E-state index in [0.29, 0.717) is 28.3 Å². The minimum atomic E-state index is -0.105. The predicted molar refractivity (Wildman–Crippen MR) is 89.5 cm³/mol. The highest BCUT2D eigenvalue weighted by Crippen LogP contribution is 2.44. The molecule has 0 aliphatic carbocycles. The maximum absolute atomic E-state index is 11.9. The highest BCUT2D eigenvalue weighted by molar-refractivity contribution is 6.02. The van der Waals surface area contributed by atoms with Crippen molar-refractivity contribution in [2.45, 2.75) is 6.92 Å². The zero-order valence-electron chi connectivity index (χ0n) is 13.6. The number of carbonyl (C=O) groups is 2. The van der Waals surface area contributed by atoms with E-state index in [1.807, 2.05) is 24.3 Å². The number of methoxy groups -OCH3 is 2. The summed E-state index contributed by atoms with van der Waals surface area (Å²) in [6, 6.07) is 10.8. The molecule has 0 radical (unpaired) electrons. The van der Waals surface area contributed by atoms with Crippen LogP contribution < -0.4 is 14.4 Å². The third-order valence-corrected chi connectivity index (χ3v) is 3.63. The van der Waals surface area contributed by atoms with Crippen molar-refractivity contribution in [1.29, 1.82) is 0 Å². The summed E-state index contributed by atoms with van der Waals surface area (Å²) in [5.74, 6) is 0.897. The van der Waals surface area contributed by atoms with Gasteiger partial charge < -0.3 is 14.4 Å². The summed E-state index contributed by atoms with van der Waals surface area (Å²) in [7, 11) is 4.73. The van der Waals surface area contributed by atoms with Crippen molar-refractivity contribution in [3.63, 3.8) is 0 Å². The molecule has 0 aromatic heterocycles. The monoisotopic (exact) mass is 313 g/mol. The van der Waals surface area contributed by atoms with Gasteiger partial charge in [0, 0.05) is 12.6 Å². The lowest BCUT2D eigenvalue weighted by Gasteiger charge is -2.21. The van der Waals surface area contributed by atoms with Crippen LogP contribution in [0, 0.1) is 0 Å². The first-order valence-electron chi connectivity index (χ1n) is 7.08. The van der Waals surface area contributed by atoms with Gasteiger partial charge in [-0.05, 0) is 25.1 Å². The Bertz CT molecular complexity index is 740. The second-order valence-electron chi connectivity index (χ2n) is 5.01. The van der Waals surface area contributed by atoms with Crippen molar-refractivity contribution in [3.8, 4) is 22.6 Å². The lowest BCUT2D eigenvalue weighted by atomic mass is 9.96. The topological polar surface area (TPSA) is 55.8 Å². The first-order chi connectivity index (χ1) is 11.0. The van der Waals surface area contributed by atoms with E-state index in [-0.39, 0.29) is 5.78 Å². The Morgan fingerprint density at radius 1 is 1.09 bits per heavy atom. The molecule has 0 bridgehead atoms. The number of Topliss-reactive ketones (excluding diaryl/α,β-unsaturated/α-hetero) is 1. The molecule has 0 saturated carbocycles. The van der Waals surface area contributed by atoms with Crippen molar-refractivity contribution in [1.82, 2.24) is 0 Å². The molecule has 0 aliphatic heterocycles. The molecule has 5 nitrogen and oxygen atoms in total. The van der Waals surface area contributed by atoms with Gasteiger partial charge in [-0.1, -0.05) is 18.2 Å². The van der Waals surface area contributed by atoms with Crippen molar-refractivity contribution < 1.29 is 19.1 Å². The summed E-state index contributed by atoms with van der Waals surface area (Å²) < 4.78 is 10.9. The maximum atomic E-state index is 11.9. The third kappa shape index (κ3) is 3.04. The smallest absolute Gasteiger partial charge is 0.213 e. The van der Waals surface area contributed by atoms with Crippen LogP contribution in [0.1, 0.15) is 17.3 Å². The molecule has 0 saturated heterocycles. The average Bonchev–Trinajstić information content (AvgIpc) is 2.59. The number of ether oxygens (including phenoxy) is 2. The molecular weight excluding hydrogens is 294 g/mol. The number of hydrogen-bond acceptors (Lipinski definition) is 4. The van der Waals surface area contributed by atoms with Crippen LogP contribution in [0.25, 0.3) is 11.1 Å². The lowest BCUT2D eigenvalue weighted by molar-refractivity contribution is -0.107. The molecule has 120 valence electrons. The molecule has 0 aliphatic rings. The van der Waals surface area contributed by atoms with Crippen LogP contribution in [0.5, 0.6) is 11.5 Å². The van der Waals surface area contributed by atoms with E-state index in [0.717, 1.165) is 12.0 Å². The zero-order valence-corrected chi connectivity index (χ0v) is 13.6. The summed E-state index contributed by atoms with van der Waals surface area (Å²) in [6.07, 6.45) is 0.729. The van der Waals surface area contributed by atoms with Crippen molar-refractivity contribution in [2.24, 2.45) is 0 Å². The molecule has 0 fully saturated rings. The van der Waals surface area contributed by atoms with Gasteiger partial charge in [-0.25, -0.2) is 0 Å². The Balaban J connectivity index is 2.84. The van der Waals surface area contributed by atoms with Gasteiger partial charge in [0.15, 0.2) is 5.78 Å². The third-order valence-electron chi connectivity index (χ3n) is 3.63. The van der Waals surface area contributed by atoms with Gasteiger partial charge in [-0.2, -0.15) is 0 Å². The molecule has 2 rings (SSSR count). The normalized spacial score (nSPS) is 10.1. The zero-order chi connectivity index (χ0) is 17.0. The molecule has 0 heterocycles. The Morgan fingerprint density at radius 3 is 2.35 bits per heavy atom. The number of anilines is 1. The molecule has 5 heteroatoms. The van der Waals surface area contributed by atoms with Crippen LogP contribution >= 0.6 is 0 Å². The van der Waals surface area contributed by atoms with Crippen LogP contribution in [0.15, 0.2) is 36.4 Å². The van der Waals surface area contributed by atoms with Crippen LogP contribution in [-0.2, 0) is 4.79 Å². The Morgan fingerprint density at radius 2 is 1.78 bits per heavy atom. The van der Waals surface area contributed by atoms with E-state index >= 15 is 0 Å². The number of hydrogen-bond donors (Lipinski definition) is 0. The largest absolute Gasteiger partial charge is 0.496 e. The summed E-state index contributed by atoms with van der Waals surface area (Å²) in [6.45, 7) is 1.48. The van der Waals surface area contributed by atoms with Gasteiger partial charge in [-0.3, -0.25) is 9.59 Å². The first kappa shape index (κ1) is 16.5. The van der Waals surface area contributed by atoms with E-state index in [1.165, 1.54) is 18.9 Å². The fourth-order valence-corrected chi connectivity index (χ4v) is 2.53. The molecule has 0 unspecified atom stereocenters. The van der Waals surface area contributed by atoms with Gasteiger partial charge in [0.1, 0.15) is 11.5 Å². The van der Waals surface area contributed by atoms with Crippen LogP contribution in [0.4, 0.5) is 5.69 Å². The fourth-order valence-electron chi connectivity index (χ4n) is 2.53. The van der Waals surface area contributed by atoms with E-state index in [1.54, 1.807) is 26.3 Å². The fraction of sp³-hybridized carbons (Fsp3) is 0.222. The van der Waals surface area contributed by atoms with Gasteiger partial charge in [-0.15, -0.1) is 0 Å². The maximum Gasteiger partial charge on any atom is 0.213 e. The average molecular weight is 313 g/mol. The Labute approximate surface area is 135 Å². The Kier molecular flexibility index (Phi) is 5.01. The highest BCUT2D eigenvalue weighted by atomic mass is 16.5. The molecule has 23 heavy (non-hydrogen) atoms. The second kappa shape index (κ2) is 6.96. The predicted octanol–water partition coefficient (Wildman–Crippen LogP) is 3.17. The van der Waals surface area contributed by atoms with E-state index < -0.39 is 0 Å². The summed E-state index contributed by atoms with van der Waals surface area (Å²) >= 11 is 0. The summed E-state index contributed by atoms with van der Waals surface area (Å²) in [5.41, 5.74) is 2.55. The van der Waals surface area contributed by atoms with Crippen LogP contribution in [0.3, 0.4) is 0 Å². The van der Waals surface area contributed by atoms with Crippen LogP contribution in [0.2, 0.25) is 0 Å². The number of amides is 1. The van der Waals surface area contributed by atoms with Crippen molar-refractivity contribution in [2.75, 3.05) is 26.2 Å². The van der Waals surface area contributed by atoms with Gasteiger partial charge in [0.05, 0.1) is 31.0 Å². The number of rotatable bonds is 6. The number of ketones is 1. The van der Waals surface area contributed by atoms with Gasteiger partial charge >= 0.3 is 0 Å². The minimum absolute atomic E-state index is 0.105. The molecule has 0 spiro atoms. The number of benzene rings is 2. The van der Waals surface area contributed by atoms with Crippen molar-refractivity contribution >= 4 is 17.9 Å². The number of nitrogens with zero attached hydrogens (tertiary/aromatic N) is 1. The van der Waals surface area contributed by atoms with E-state index in [9.17, 15) is 9.59 Å². The second-order valence-corrected chi connectivity index (χ2v) is 5.01. The molecular formula is C18H19NO4. The highest BCUT2D eigenvalue weighted by Gasteiger charge is 2.21. The van der Waals surface area contributed by atoms with E-state index in [4.69, 9.17) is 9.47 Å². The summed E-state index contributed by atoms with van der Waals surface area (Å²) in [4.78, 5) is 24.5. The summed E-state index contributed by atoms with van der Waals surface area (Å²) in [5, 5.41) is 0.